The lowest BCUT2D eigenvalue weighted by atomic mass is 10.0. The zero-order chi connectivity index (χ0) is 24.1. The molecule has 1 heterocycles. The molecular formula is C25H24N4O5. The molecular weight excluding hydrogens is 436 g/mol. The molecule has 0 unspecified atom stereocenters. The molecule has 0 fully saturated rings. The molecule has 0 bridgehead atoms. The van der Waals surface area contributed by atoms with Crippen LogP contribution in [0.3, 0.4) is 0 Å². The third-order valence-electron chi connectivity index (χ3n) is 5.29. The highest BCUT2D eigenvalue weighted by Gasteiger charge is 2.17. The van der Waals surface area contributed by atoms with Crippen LogP contribution in [0.15, 0.2) is 59.7 Å². The van der Waals surface area contributed by atoms with Gasteiger partial charge in [0.1, 0.15) is 17.2 Å². The molecule has 2 N–H and O–H groups in total. The van der Waals surface area contributed by atoms with Gasteiger partial charge in [-0.05, 0) is 29.0 Å². The quantitative estimate of drug-likeness (QED) is 0.304. The molecule has 3 aromatic carbocycles. The molecule has 4 rings (SSSR count). The number of methoxy groups -OCH3 is 4. The second-order valence-corrected chi connectivity index (χ2v) is 7.18. The fourth-order valence-corrected chi connectivity index (χ4v) is 3.63. The Morgan fingerprint density at radius 1 is 0.882 bits per heavy atom. The number of rotatable bonds is 8. The molecule has 9 heteroatoms. The number of ether oxygens (including phenoxy) is 4. The van der Waals surface area contributed by atoms with Crippen molar-refractivity contribution in [2.45, 2.75) is 0 Å². The predicted octanol–water partition coefficient (Wildman–Crippen LogP) is 4.03. The minimum Gasteiger partial charge on any atom is -0.496 e. The van der Waals surface area contributed by atoms with Crippen LogP contribution in [0.25, 0.3) is 22.0 Å². The molecule has 4 aromatic rings. The highest BCUT2D eigenvalue weighted by molar-refractivity contribution is 6.01. The number of carbonyl (C=O) groups excluding carboxylic acids is 1. The largest absolute Gasteiger partial charge is 0.496 e. The lowest BCUT2D eigenvalue weighted by Gasteiger charge is -2.11. The molecule has 0 atom stereocenters. The summed E-state index contributed by atoms with van der Waals surface area (Å²) in [5.41, 5.74) is 4.74. The Kier molecular flexibility index (Phi) is 6.63. The van der Waals surface area contributed by atoms with Gasteiger partial charge in [0.05, 0.1) is 45.9 Å². The molecule has 0 radical (unpaired) electrons. The summed E-state index contributed by atoms with van der Waals surface area (Å²) in [4.78, 5) is 12.7. The van der Waals surface area contributed by atoms with Crippen molar-refractivity contribution in [2.24, 2.45) is 5.10 Å². The van der Waals surface area contributed by atoms with Gasteiger partial charge in [-0.2, -0.15) is 10.2 Å². The maximum Gasteiger partial charge on any atom is 0.289 e. The van der Waals surface area contributed by atoms with Gasteiger partial charge in [0.2, 0.25) is 0 Å². The van der Waals surface area contributed by atoms with E-state index in [0.29, 0.717) is 34.3 Å². The van der Waals surface area contributed by atoms with Crippen molar-refractivity contribution in [3.8, 4) is 34.3 Å². The highest BCUT2D eigenvalue weighted by atomic mass is 16.5. The minimum atomic E-state index is -0.450. The van der Waals surface area contributed by atoms with Gasteiger partial charge in [0.15, 0.2) is 11.5 Å². The van der Waals surface area contributed by atoms with E-state index >= 15 is 0 Å². The summed E-state index contributed by atoms with van der Waals surface area (Å²) in [5.74, 6) is 1.76. The maximum atomic E-state index is 12.7. The summed E-state index contributed by atoms with van der Waals surface area (Å²) in [6.07, 6.45) is 1.46. The van der Waals surface area contributed by atoms with Gasteiger partial charge in [0.25, 0.3) is 5.91 Å². The fraction of sp³-hybridized carbons (Fsp3) is 0.160. The van der Waals surface area contributed by atoms with Crippen LogP contribution in [0, 0.1) is 0 Å². The number of hydrogen-bond donors (Lipinski definition) is 2. The summed E-state index contributed by atoms with van der Waals surface area (Å²) >= 11 is 0. The lowest BCUT2D eigenvalue weighted by molar-refractivity contribution is 0.0950. The average molecular weight is 460 g/mol. The Balaban J connectivity index is 1.57. The van der Waals surface area contributed by atoms with Gasteiger partial charge in [-0.15, -0.1) is 0 Å². The minimum absolute atomic E-state index is 0.251. The Bertz CT molecular complexity index is 1360. The van der Waals surface area contributed by atoms with Crippen molar-refractivity contribution in [2.75, 3.05) is 28.4 Å². The van der Waals surface area contributed by atoms with Crippen LogP contribution in [0.5, 0.6) is 23.0 Å². The second-order valence-electron chi connectivity index (χ2n) is 7.18. The zero-order valence-electron chi connectivity index (χ0n) is 19.2. The van der Waals surface area contributed by atoms with Crippen LogP contribution < -0.4 is 24.4 Å². The molecule has 9 nitrogen and oxygen atoms in total. The van der Waals surface area contributed by atoms with Crippen LogP contribution >= 0.6 is 0 Å². The number of H-pyrrole nitrogens is 1. The van der Waals surface area contributed by atoms with Gasteiger partial charge in [-0.25, -0.2) is 5.43 Å². The zero-order valence-corrected chi connectivity index (χ0v) is 19.2. The highest BCUT2D eigenvalue weighted by Crippen LogP contribution is 2.36. The predicted molar refractivity (Wildman–Crippen MR) is 129 cm³/mol. The summed E-state index contributed by atoms with van der Waals surface area (Å²) in [7, 11) is 6.21. The van der Waals surface area contributed by atoms with Crippen molar-refractivity contribution in [3.63, 3.8) is 0 Å². The van der Waals surface area contributed by atoms with Crippen LogP contribution in [0.1, 0.15) is 16.1 Å². The van der Waals surface area contributed by atoms with Crippen LogP contribution in [-0.2, 0) is 0 Å². The molecule has 0 aliphatic carbocycles. The fourth-order valence-electron chi connectivity index (χ4n) is 3.63. The second kappa shape index (κ2) is 9.95. The van der Waals surface area contributed by atoms with Gasteiger partial charge >= 0.3 is 0 Å². The number of aromatic amines is 1. The van der Waals surface area contributed by atoms with Crippen molar-refractivity contribution >= 4 is 22.9 Å². The van der Waals surface area contributed by atoms with E-state index in [4.69, 9.17) is 18.9 Å². The topological polar surface area (TPSA) is 107 Å². The summed E-state index contributed by atoms with van der Waals surface area (Å²) in [6.45, 7) is 0. The monoisotopic (exact) mass is 460 g/mol. The Labute approximate surface area is 196 Å². The van der Waals surface area contributed by atoms with E-state index in [1.165, 1.54) is 27.5 Å². The first kappa shape index (κ1) is 22.7. The van der Waals surface area contributed by atoms with Gasteiger partial charge < -0.3 is 18.9 Å². The SMILES string of the molecule is COc1cc(OC)c(OC)cc1/C=N/NC(=O)c1cc(-c2c(OC)ccc3ccccc23)n[nH]1. The number of aromatic nitrogens is 2. The number of nitrogens with one attached hydrogen (secondary N) is 2. The van der Waals surface area contributed by atoms with Gasteiger partial charge in [-0.3, -0.25) is 9.89 Å². The normalized spacial score (nSPS) is 10.9. The van der Waals surface area contributed by atoms with E-state index in [1.807, 2.05) is 36.4 Å². The molecule has 0 aliphatic heterocycles. The molecule has 1 amide bonds. The first-order valence-electron chi connectivity index (χ1n) is 10.3. The standard InChI is InChI=1S/C25H24N4O5/c1-31-20-10-9-15-7-5-6-8-17(15)24(20)18-12-19(28-27-18)25(30)29-26-14-16-11-22(33-3)23(34-4)13-21(16)32-2/h5-14H,1-4H3,(H,27,28)(H,29,30)/b26-14+. The molecule has 0 aliphatic rings. The number of hydrazone groups is 1. The van der Waals surface area contributed by atoms with E-state index in [1.54, 1.807) is 25.3 Å². The number of amides is 1. The summed E-state index contributed by atoms with van der Waals surface area (Å²) in [6, 6.07) is 16.8. The number of fused-ring (bicyclic) bond motifs is 1. The van der Waals surface area contributed by atoms with Gasteiger partial charge in [-0.1, -0.05) is 30.3 Å². The number of nitrogens with zero attached hydrogens (tertiary/aromatic N) is 2. The van der Waals surface area contributed by atoms with Crippen LogP contribution in [0.4, 0.5) is 0 Å². The molecule has 0 saturated carbocycles. The molecule has 34 heavy (non-hydrogen) atoms. The van der Waals surface area contributed by atoms with Crippen molar-refractivity contribution in [1.82, 2.24) is 15.6 Å². The third kappa shape index (κ3) is 4.36. The molecule has 174 valence electrons. The summed E-state index contributed by atoms with van der Waals surface area (Å²) in [5, 5.41) is 13.2. The van der Waals surface area contributed by atoms with Crippen LogP contribution in [-0.4, -0.2) is 50.8 Å². The molecule has 0 saturated heterocycles. The van der Waals surface area contributed by atoms with E-state index in [9.17, 15) is 4.79 Å². The average Bonchev–Trinajstić information content (AvgIpc) is 3.37. The van der Waals surface area contributed by atoms with E-state index in [2.05, 4.69) is 20.7 Å². The molecule has 1 aromatic heterocycles. The van der Waals surface area contributed by atoms with Crippen molar-refractivity contribution in [1.29, 1.82) is 0 Å². The Morgan fingerprint density at radius 2 is 1.59 bits per heavy atom. The third-order valence-corrected chi connectivity index (χ3v) is 5.29. The smallest absolute Gasteiger partial charge is 0.289 e. The first-order chi connectivity index (χ1) is 16.6. The summed E-state index contributed by atoms with van der Waals surface area (Å²) < 4.78 is 21.5. The van der Waals surface area contributed by atoms with Crippen molar-refractivity contribution in [3.05, 3.63) is 65.9 Å². The maximum absolute atomic E-state index is 12.7. The van der Waals surface area contributed by atoms with Crippen LogP contribution in [0.2, 0.25) is 0 Å². The van der Waals surface area contributed by atoms with Crippen molar-refractivity contribution < 1.29 is 23.7 Å². The van der Waals surface area contributed by atoms with E-state index in [0.717, 1.165) is 16.3 Å². The lowest BCUT2D eigenvalue weighted by Crippen LogP contribution is -2.18. The number of benzene rings is 3. The number of carbonyl (C=O) groups is 1. The first-order valence-corrected chi connectivity index (χ1v) is 10.3. The van der Waals surface area contributed by atoms with Gasteiger partial charge in [0, 0.05) is 11.6 Å². The van der Waals surface area contributed by atoms with E-state index in [-0.39, 0.29) is 5.69 Å². The number of hydrogen-bond acceptors (Lipinski definition) is 7. The van der Waals surface area contributed by atoms with E-state index < -0.39 is 5.91 Å². The Hall–Kier alpha value is -4.53. The Morgan fingerprint density at radius 3 is 2.32 bits per heavy atom. The molecule has 0 spiro atoms.